The molecule has 3 heterocycles. The van der Waals surface area contributed by atoms with Gasteiger partial charge in [0.2, 0.25) is 5.95 Å². The van der Waals surface area contributed by atoms with Crippen LogP contribution >= 0.6 is 11.3 Å². The number of nitrogens with one attached hydrogen (secondary N) is 4. The normalized spacial score (nSPS) is 14.4. The molecule has 1 aromatic carbocycles. The molecule has 1 aliphatic carbocycles. The highest BCUT2D eigenvalue weighted by Gasteiger charge is 2.29. The fourth-order valence-corrected chi connectivity index (χ4v) is 5.78. The van der Waals surface area contributed by atoms with E-state index in [1.807, 2.05) is 6.07 Å². The molecular formula is C29H34F2N8O3S. The van der Waals surface area contributed by atoms with Crippen LogP contribution in [0.3, 0.4) is 0 Å². The topological polar surface area (TPSA) is 157 Å². The summed E-state index contributed by atoms with van der Waals surface area (Å²) >= 11 is 1.46. The van der Waals surface area contributed by atoms with Crippen molar-refractivity contribution >= 4 is 39.4 Å². The fraction of sp³-hybridized carbons (Fsp3) is 0.414. The predicted octanol–water partition coefficient (Wildman–Crippen LogP) is 4.41. The smallest absolute Gasteiger partial charge is 0.315 e. The van der Waals surface area contributed by atoms with E-state index in [0.29, 0.717) is 28.7 Å². The number of urea groups is 1. The molecule has 5 rings (SSSR count). The van der Waals surface area contributed by atoms with Gasteiger partial charge in [0.1, 0.15) is 34.2 Å². The SMILES string of the molecule is CCNC(=O)NC(CO)CCC(O)Nc1nc(NCc2c(F)cccc2F)nc(C)c1-c1nc2c(C3CC3)nccc2s1. The molecule has 1 aliphatic rings. The number of carbonyl (C=O) groups excluding carboxylic acids is 1. The van der Waals surface area contributed by atoms with Crippen molar-refractivity contribution in [1.29, 1.82) is 0 Å². The summed E-state index contributed by atoms with van der Waals surface area (Å²) < 4.78 is 29.4. The second-order valence-electron chi connectivity index (χ2n) is 10.4. The van der Waals surface area contributed by atoms with Crippen molar-refractivity contribution in [1.82, 2.24) is 30.6 Å². The molecule has 0 saturated heterocycles. The van der Waals surface area contributed by atoms with Gasteiger partial charge in [0.05, 0.1) is 34.3 Å². The maximum atomic E-state index is 14.2. The Labute approximate surface area is 251 Å². The van der Waals surface area contributed by atoms with Crippen LogP contribution in [0.2, 0.25) is 0 Å². The Morgan fingerprint density at radius 2 is 1.91 bits per heavy atom. The van der Waals surface area contributed by atoms with Gasteiger partial charge in [-0.15, -0.1) is 11.3 Å². The van der Waals surface area contributed by atoms with E-state index in [9.17, 15) is 23.8 Å². The third-order valence-electron chi connectivity index (χ3n) is 7.07. The van der Waals surface area contributed by atoms with Gasteiger partial charge in [-0.25, -0.2) is 23.5 Å². The molecule has 2 unspecified atom stereocenters. The average Bonchev–Trinajstić information content (AvgIpc) is 3.73. The third-order valence-corrected chi connectivity index (χ3v) is 8.11. The van der Waals surface area contributed by atoms with Crippen molar-refractivity contribution < 1.29 is 23.8 Å². The first kappa shape index (κ1) is 30.4. The number of carbonyl (C=O) groups is 1. The van der Waals surface area contributed by atoms with E-state index in [-0.39, 0.29) is 43.3 Å². The van der Waals surface area contributed by atoms with Gasteiger partial charge in [-0.3, -0.25) is 4.98 Å². The zero-order valence-electron chi connectivity index (χ0n) is 23.8. The molecule has 0 spiro atoms. The molecule has 228 valence electrons. The lowest BCUT2D eigenvalue weighted by atomic mass is 10.1. The number of hydrogen-bond donors (Lipinski definition) is 6. The van der Waals surface area contributed by atoms with Crippen LogP contribution in [0.25, 0.3) is 20.8 Å². The highest BCUT2D eigenvalue weighted by atomic mass is 32.1. The van der Waals surface area contributed by atoms with Crippen LogP contribution < -0.4 is 21.3 Å². The average molecular weight is 613 g/mol. The Bertz CT molecular complexity index is 1580. The quantitative estimate of drug-likeness (QED) is 0.120. The molecule has 0 radical (unpaired) electrons. The van der Waals surface area contributed by atoms with E-state index in [2.05, 4.69) is 36.2 Å². The second-order valence-corrected chi connectivity index (χ2v) is 11.4. The molecule has 0 aliphatic heterocycles. The molecule has 43 heavy (non-hydrogen) atoms. The predicted molar refractivity (Wildman–Crippen MR) is 161 cm³/mol. The zero-order chi connectivity index (χ0) is 30.5. The zero-order valence-corrected chi connectivity index (χ0v) is 24.6. The first-order chi connectivity index (χ1) is 20.8. The monoisotopic (exact) mass is 612 g/mol. The molecule has 2 atom stereocenters. The Kier molecular flexibility index (Phi) is 9.58. The number of anilines is 2. The summed E-state index contributed by atoms with van der Waals surface area (Å²) in [6, 6.07) is 4.59. The lowest BCUT2D eigenvalue weighted by molar-refractivity contribution is 0.168. The molecular weight excluding hydrogens is 578 g/mol. The number of thiazole rings is 1. The van der Waals surface area contributed by atoms with E-state index >= 15 is 0 Å². The van der Waals surface area contributed by atoms with Crippen LogP contribution in [0.5, 0.6) is 0 Å². The van der Waals surface area contributed by atoms with Crippen LogP contribution in [0.4, 0.5) is 25.3 Å². The van der Waals surface area contributed by atoms with Crippen molar-refractivity contribution in [3.8, 4) is 10.6 Å². The van der Waals surface area contributed by atoms with Crippen molar-refractivity contribution in [2.75, 3.05) is 23.8 Å². The number of aliphatic hydroxyl groups is 2. The van der Waals surface area contributed by atoms with Gasteiger partial charge in [-0.2, -0.15) is 4.98 Å². The second kappa shape index (κ2) is 13.5. The minimum absolute atomic E-state index is 0.103. The molecule has 4 aromatic rings. The first-order valence-electron chi connectivity index (χ1n) is 14.2. The van der Waals surface area contributed by atoms with Crippen LogP contribution in [0.1, 0.15) is 55.5 Å². The maximum absolute atomic E-state index is 14.2. The highest BCUT2D eigenvalue weighted by Crippen LogP contribution is 2.44. The summed E-state index contributed by atoms with van der Waals surface area (Å²) in [5, 5.41) is 32.5. The standard InChI is InChI=1S/C29H34F2N8O3S/c1-3-32-29(42)36-17(14-40)9-10-22(41)37-26-23(27-38-25-21(43-27)11-12-33-24(25)16-7-8-16)15(2)35-28(39-26)34-13-18-19(30)5-4-6-20(18)31/h4-6,11-12,16-17,22,40-41H,3,7-10,13-14H2,1-2H3,(H2,32,36,42)(H2,34,35,37,39). The van der Waals surface area contributed by atoms with Crippen LogP contribution in [0, 0.1) is 18.6 Å². The molecule has 2 amide bonds. The van der Waals surface area contributed by atoms with Gasteiger partial charge in [-0.05, 0) is 57.7 Å². The summed E-state index contributed by atoms with van der Waals surface area (Å²) in [5.74, 6) is -0.610. The number of aliphatic hydroxyl groups excluding tert-OH is 2. The number of pyridine rings is 1. The van der Waals surface area contributed by atoms with Crippen molar-refractivity contribution in [3.05, 3.63) is 59.0 Å². The first-order valence-corrected chi connectivity index (χ1v) is 15.0. The lowest BCUT2D eigenvalue weighted by Gasteiger charge is -2.21. The van der Waals surface area contributed by atoms with Gasteiger partial charge in [-0.1, -0.05) is 6.07 Å². The number of aromatic nitrogens is 4. The van der Waals surface area contributed by atoms with E-state index in [1.165, 1.54) is 29.5 Å². The number of nitrogens with zero attached hydrogens (tertiary/aromatic N) is 4. The van der Waals surface area contributed by atoms with Gasteiger partial charge < -0.3 is 31.5 Å². The van der Waals surface area contributed by atoms with Gasteiger partial charge in [0.25, 0.3) is 0 Å². The minimum atomic E-state index is -1.12. The van der Waals surface area contributed by atoms with Crippen molar-refractivity contribution in [3.63, 3.8) is 0 Å². The number of hydrogen-bond acceptors (Lipinski definition) is 10. The number of aryl methyl sites for hydroxylation is 1. The van der Waals surface area contributed by atoms with Crippen LogP contribution in [0.15, 0.2) is 30.5 Å². The number of benzene rings is 1. The minimum Gasteiger partial charge on any atom is -0.394 e. The summed E-state index contributed by atoms with van der Waals surface area (Å²) in [4.78, 5) is 30.5. The van der Waals surface area contributed by atoms with Crippen LogP contribution in [-0.2, 0) is 6.54 Å². The third kappa shape index (κ3) is 7.32. The van der Waals surface area contributed by atoms with E-state index < -0.39 is 29.9 Å². The van der Waals surface area contributed by atoms with E-state index in [1.54, 1.807) is 20.0 Å². The fourth-order valence-electron chi connectivity index (χ4n) is 4.71. The highest BCUT2D eigenvalue weighted by molar-refractivity contribution is 7.21. The van der Waals surface area contributed by atoms with Gasteiger partial charge >= 0.3 is 6.03 Å². The summed E-state index contributed by atoms with van der Waals surface area (Å²) in [7, 11) is 0. The molecule has 1 fully saturated rings. The van der Waals surface area contributed by atoms with Crippen molar-refractivity contribution in [2.24, 2.45) is 0 Å². The van der Waals surface area contributed by atoms with E-state index in [4.69, 9.17) is 4.98 Å². The number of amides is 2. The molecule has 1 saturated carbocycles. The van der Waals surface area contributed by atoms with Gasteiger partial charge in [0, 0.05) is 30.8 Å². The van der Waals surface area contributed by atoms with E-state index in [0.717, 1.165) is 28.8 Å². The number of fused-ring (bicyclic) bond motifs is 1. The molecule has 0 bridgehead atoms. The molecule has 14 heteroatoms. The number of halogens is 2. The molecule has 3 aromatic heterocycles. The van der Waals surface area contributed by atoms with Crippen LogP contribution in [-0.4, -0.2) is 61.6 Å². The largest absolute Gasteiger partial charge is 0.394 e. The Hall–Kier alpha value is -4.01. The Morgan fingerprint density at radius 1 is 1.14 bits per heavy atom. The maximum Gasteiger partial charge on any atom is 0.315 e. The Balaban J connectivity index is 1.43. The summed E-state index contributed by atoms with van der Waals surface area (Å²) in [5.41, 5.74) is 2.75. The summed E-state index contributed by atoms with van der Waals surface area (Å²) in [6.45, 7) is 3.50. The van der Waals surface area contributed by atoms with Crippen molar-refractivity contribution in [2.45, 2.75) is 64.3 Å². The Morgan fingerprint density at radius 3 is 2.60 bits per heavy atom. The van der Waals surface area contributed by atoms with Gasteiger partial charge in [0.15, 0.2) is 0 Å². The number of rotatable bonds is 13. The molecule has 6 N–H and O–H groups in total. The molecule has 11 nitrogen and oxygen atoms in total. The lowest BCUT2D eigenvalue weighted by Crippen LogP contribution is -2.44. The summed E-state index contributed by atoms with van der Waals surface area (Å²) in [6.07, 6.45) is 3.26.